The largest absolute Gasteiger partial charge is 0.366 e. The fourth-order valence-electron chi connectivity index (χ4n) is 5.51. The normalized spacial score (nSPS) is 12.5. The minimum atomic E-state index is -0.434. The maximum atomic E-state index is 12.2. The standard InChI is InChI=1S/C21H28N4O2.C21H26N4O.CH4.CH3/c1-15(17-7-5-4-6-8-17)24-21(27)23-14-19(25(2)3)13-16-9-11-18(12-10-16)20(22)26;1-16(19-7-5-4-6-8-19)24-21(26)23-15-20(25(2)3)13-17-9-11-18(14-22)12-10-17;;/h4-12,15,19H,13-14H2,1-3H3,(H2,22,26)(H2,23,24,27);4-12,16,20H,13,15H2,1-3H3,(H2,23,24,26);1H4;1H3/q;;;-1/t15-,19-;16-,20-;;/m00../s1. The van der Waals surface area contributed by atoms with E-state index in [2.05, 4.69) is 37.1 Å². The Balaban J connectivity index is 0.000000531. The van der Waals surface area contributed by atoms with Gasteiger partial charge in [-0.3, -0.25) is 4.79 Å². The Morgan fingerprint density at radius 2 is 1.00 bits per heavy atom. The zero-order valence-corrected chi connectivity index (χ0v) is 32.7. The van der Waals surface area contributed by atoms with Crippen molar-refractivity contribution >= 4 is 18.0 Å². The number of carbonyl (C=O) groups excluding carboxylic acids is 3. The topological polar surface area (TPSA) is 156 Å². The molecule has 55 heavy (non-hydrogen) atoms. The molecule has 0 heterocycles. The smallest absolute Gasteiger partial charge is 0.315 e. The Morgan fingerprint density at radius 3 is 1.33 bits per heavy atom. The number of urea groups is 2. The first-order valence-electron chi connectivity index (χ1n) is 17.8. The number of amides is 5. The molecule has 11 nitrogen and oxygen atoms in total. The molecule has 4 rings (SSSR count). The molecule has 296 valence electrons. The zero-order chi connectivity index (χ0) is 38.8. The van der Waals surface area contributed by atoms with Crippen molar-refractivity contribution in [2.75, 3.05) is 41.3 Å². The van der Waals surface area contributed by atoms with Crippen LogP contribution in [0, 0.1) is 18.8 Å². The highest BCUT2D eigenvalue weighted by Gasteiger charge is 2.17. The van der Waals surface area contributed by atoms with E-state index < -0.39 is 5.91 Å². The average Bonchev–Trinajstić information content (AvgIpc) is 3.16. The van der Waals surface area contributed by atoms with Gasteiger partial charge in [0.25, 0.3) is 0 Å². The van der Waals surface area contributed by atoms with Gasteiger partial charge >= 0.3 is 12.1 Å². The van der Waals surface area contributed by atoms with E-state index in [1.165, 1.54) is 0 Å². The molecular weight excluding hydrogens is 689 g/mol. The van der Waals surface area contributed by atoms with Gasteiger partial charge in [0.05, 0.1) is 23.7 Å². The second kappa shape index (κ2) is 24.6. The summed E-state index contributed by atoms with van der Waals surface area (Å²) in [5, 5.41) is 20.7. The van der Waals surface area contributed by atoms with Gasteiger partial charge in [-0.05, 0) is 101 Å². The molecule has 0 aliphatic heterocycles. The van der Waals surface area contributed by atoms with E-state index in [4.69, 9.17) is 11.0 Å². The highest BCUT2D eigenvalue weighted by Crippen LogP contribution is 2.13. The van der Waals surface area contributed by atoms with Crippen molar-refractivity contribution in [2.24, 2.45) is 5.73 Å². The molecule has 0 bridgehead atoms. The first-order chi connectivity index (χ1) is 25.4. The molecule has 0 saturated heterocycles. The number of benzene rings is 4. The van der Waals surface area contributed by atoms with Crippen molar-refractivity contribution in [3.63, 3.8) is 0 Å². The van der Waals surface area contributed by atoms with Gasteiger partial charge in [0.15, 0.2) is 0 Å². The second-order valence-corrected chi connectivity index (χ2v) is 13.5. The molecule has 0 aliphatic rings. The zero-order valence-electron chi connectivity index (χ0n) is 32.7. The second-order valence-electron chi connectivity index (χ2n) is 13.5. The van der Waals surface area contributed by atoms with Crippen LogP contribution in [0.1, 0.15) is 71.5 Å². The number of rotatable bonds is 15. The molecule has 4 aromatic rings. The lowest BCUT2D eigenvalue weighted by Crippen LogP contribution is -2.45. The van der Waals surface area contributed by atoms with Crippen LogP contribution >= 0.6 is 0 Å². The number of carbonyl (C=O) groups is 3. The predicted molar refractivity (Wildman–Crippen MR) is 224 cm³/mol. The maximum absolute atomic E-state index is 12.2. The monoisotopic (exact) mass is 749 g/mol. The van der Waals surface area contributed by atoms with Crippen LogP contribution < -0.4 is 27.0 Å². The maximum Gasteiger partial charge on any atom is 0.315 e. The van der Waals surface area contributed by atoms with Crippen molar-refractivity contribution in [3.8, 4) is 6.07 Å². The van der Waals surface area contributed by atoms with Gasteiger partial charge in [0, 0.05) is 30.7 Å². The molecular formula is C44H61N8O3-. The minimum absolute atomic E-state index is 0. The summed E-state index contributed by atoms with van der Waals surface area (Å²) in [5.74, 6) is -0.434. The minimum Gasteiger partial charge on any atom is -0.366 e. The van der Waals surface area contributed by atoms with E-state index in [1.807, 2.05) is 139 Å². The Kier molecular flexibility index (Phi) is 21.2. The number of nitriles is 1. The summed E-state index contributed by atoms with van der Waals surface area (Å²) in [5.41, 5.74) is 10.8. The molecule has 6 N–H and O–H groups in total. The van der Waals surface area contributed by atoms with Crippen LogP contribution in [0.4, 0.5) is 9.59 Å². The van der Waals surface area contributed by atoms with Crippen LogP contribution in [0.5, 0.6) is 0 Å². The molecule has 5 amide bonds. The van der Waals surface area contributed by atoms with Crippen LogP contribution in [-0.2, 0) is 12.8 Å². The van der Waals surface area contributed by atoms with E-state index in [-0.39, 0.29) is 51.1 Å². The summed E-state index contributed by atoms with van der Waals surface area (Å²) < 4.78 is 0. The van der Waals surface area contributed by atoms with Gasteiger partial charge in [-0.25, -0.2) is 9.59 Å². The third-order valence-electron chi connectivity index (χ3n) is 9.02. The first kappa shape index (κ1) is 47.3. The highest BCUT2D eigenvalue weighted by molar-refractivity contribution is 5.92. The summed E-state index contributed by atoms with van der Waals surface area (Å²) in [4.78, 5) is 39.8. The molecule has 0 spiro atoms. The van der Waals surface area contributed by atoms with Crippen LogP contribution in [0.25, 0.3) is 0 Å². The number of nitrogens with two attached hydrogens (primary N) is 1. The number of hydrogen-bond donors (Lipinski definition) is 5. The SMILES string of the molecule is C.C[C@H](NC(=O)NC[C@H](Cc1ccc(C#N)cc1)N(C)C)c1ccccc1.C[C@H](NC(=O)NC[C@H](Cc1ccc(C(N)=O)cc1)N(C)C)c1ccccc1.[CH3-]. The molecule has 0 aliphatic carbocycles. The summed E-state index contributed by atoms with van der Waals surface area (Å²) in [7, 11) is 7.96. The number of hydrogen-bond acceptors (Lipinski definition) is 6. The molecule has 11 heteroatoms. The van der Waals surface area contributed by atoms with Gasteiger partial charge in [0.1, 0.15) is 0 Å². The van der Waals surface area contributed by atoms with Crippen LogP contribution in [0.15, 0.2) is 109 Å². The lowest BCUT2D eigenvalue weighted by molar-refractivity contribution is 0.1000. The third kappa shape index (κ3) is 16.9. The number of likely N-dealkylation sites (N-methyl/N-ethyl adjacent to an activating group) is 2. The molecule has 4 aromatic carbocycles. The summed E-state index contributed by atoms with van der Waals surface area (Å²) in [6, 6.07) is 36.5. The highest BCUT2D eigenvalue weighted by atomic mass is 16.2. The Labute approximate surface area is 329 Å². The van der Waals surface area contributed by atoms with E-state index in [0.717, 1.165) is 35.1 Å². The predicted octanol–water partition coefficient (Wildman–Crippen LogP) is 6.50. The van der Waals surface area contributed by atoms with Crippen molar-refractivity contribution in [1.29, 1.82) is 5.26 Å². The van der Waals surface area contributed by atoms with Crippen molar-refractivity contribution in [3.05, 3.63) is 150 Å². The average molecular weight is 750 g/mol. The van der Waals surface area contributed by atoms with Gasteiger partial charge in [-0.1, -0.05) is 92.4 Å². The quantitative estimate of drug-likeness (QED) is 0.0875. The Morgan fingerprint density at radius 1 is 0.636 bits per heavy atom. The Bertz CT molecular complexity index is 1740. The van der Waals surface area contributed by atoms with Crippen molar-refractivity contribution in [1.82, 2.24) is 31.1 Å². The number of primary amides is 1. The van der Waals surface area contributed by atoms with Crippen LogP contribution in [0.3, 0.4) is 0 Å². The molecule has 0 radical (unpaired) electrons. The van der Waals surface area contributed by atoms with Crippen LogP contribution in [0.2, 0.25) is 0 Å². The van der Waals surface area contributed by atoms with E-state index in [1.54, 1.807) is 12.1 Å². The Hall–Kier alpha value is -5.70. The molecule has 0 fully saturated rings. The lowest BCUT2D eigenvalue weighted by atomic mass is 10.0. The van der Waals surface area contributed by atoms with Gasteiger partial charge in [-0.15, -0.1) is 0 Å². The summed E-state index contributed by atoms with van der Waals surface area (Å²) >= 11 is 0. The molecule has 4 atom stereocenters. The fourth-order valence-corrected chi connectivity index (χ4v) is 5.51. The number of nitrogens with one attached hydrogen (secondary N) is 4. The fraction of sp³-hybridized carbons (Fsp3) is 0.341. The lowest BCUT2D eigenvalue weighted by Gasteiger charge is -2.25. The van der Waals surface area contributed by atoms with E-state index in [9.17, 15) is 14.4 Å². The summed E-state index contributed by atoms with van der Waals surface area (Å²) in [6.45, 7) is 4.98. The van der Waals surface area contributed by atoms with E-state index in [0.29, 0.717) is 24.2 Å². The number of nitrogens with zero attached hydrogens (tertiary/aromatic N) is 3. The van der Waals surface area contributed by atoms with Gasteiger partial charge in [0.2, 0.25) is 5.91 Å². The first-order valence-corrected chi connectivity index (χ1v) is 17.8. The van der Waals surface area contributed by atoms with Gasteiger partial charge in [-0.2, -0.15) is 5.26 Å². The summed E-state index contributed by atoms with van der Waals surface area (Å²) in [6.07, 6.45) is 1.55. The van der Waals surface area contributed by atoms with Crippen molar-refractivity contribution < 1.29 is 14.4 Å². The molecule has 0 aromatic heterocycles. The van der Waals surface area contributed by atoms with E-state index >= 15 is 0 Å². The third-order valence-corrected chi connectivity index (χ3v) is 9.02. The van der Waals surface area contributed by atoms with Crippen LogP contribution in [-0.4, -0.2) is 81.1 Å². The molecule has 0 saturated carbocycles. The van der Waals surface area contributed by atoms with Gasteiger partial charge < -0.3 is 44.2 Å². The van der Waals surface area contributed by atoms with Crippen molar-refractivity contribution in [2.45, 2.75) is 58.3 Å². The molecule has 0 unspecified atom stereocenters.